The number of likely N-dealkylation sites (tertiary alicyclic amines) is 1. The monoisotopic (exact) mass is 292 g/mol. The Morgan fingerprint density at radius 1 is 1.29 bits per heavy atom. The van der Waals surface area contributed by atoms with Crippen molar-refractivity contribution in [1.82, 2.24) is 4.90 Å². The van der Waals surface area contributed by atoms with Gasteiger partial charge in [-0.25, -0.2) is 4.79 Å². The molecule has 1 atom stereocenters. The summed E-state index contributed by atoms with van der Waals surface area (Å²) in [6.07, 6.45) is 1.16. The highest BCUT2D eigenvalue weighted by molar-refractivity contribution is 5.97. The summed E-state index contributed by atoms with van der Waals surface area (Å²) in [6, 6.07) is 5.40. The normalized spacial score (nSPS) is 17.5. The van der Waals surface area contributed by atoms with Crippen molar-refractivity contribution in [3.63, 3.8) is 0 Å². The van der Waals surface area contributed by atoms with Gasteiger partial charge in [-0.3, -0.25) is 9.59 Å². The van der Waals surface area contributed by atoms with Gasteiger partial charge in [0, 0.05) is 12.1 Å². The Kier molecular flexibility index (Phi) is 4.42. The van der Waals surface area contributed by atoms with Crippen molar-refractivity contribution in [2.45, 2.75) is 18.9 Å². The van der Waals surface area contributed by atoms with Crippen molar-refractivity contribution in [1.29, 1.82) is 0 Å². The number of nitrogens with zero attached hydrogens (tertiary/aromatic N) is 1. The predicted octanol–water partition coefficient (Wildman–Crippen LogP) is 0.240. The first-order valence-electron chi connectivity index (χ1n) is 6.54. The molecule has 2 amide bonds. The number of amides is 2. The molecule has 1 fully saturated rings. The Morgan fingerprint density at radius 3 is 2.52 bits per heavy atom. The second kappa shape index (κ2) is 6.25. The summed E-state index contributed by atoms with van der Waals surface area (Å²) in [5.74, 6) is -1.47. The van der Waals surface area contributed by atoms with Crippen LogP contribution in [0.1, 0.15) is 23.2 Å². The largest absolute Gasteiger partial charge is 0.484 e. The van der Waals surface area contributed by atoms with Crippen LogP contribution in [0.4, 0.5) is 0 Å². The number of hydrogen-bond acceptors (Lipinski definition) is 4. The van der Waals surface area contributed by atoms with Crippen molar-refractivity contribution in [2.75, 3.05) is 13.2 Å². The number of primary amides is 1. The van der Waals surface area contributed by atoms with E-state index in [0.29, 0.717) is 30.7 Å². The van der Waals surface area contributed by atoms with Crippen LogP contribution in [-0.2, 0) is 9.59 Å². The predicted molar refractivity (Wildman–Crippen MR) is 72.8 cm³/mol. The molecule has 0 aromatic heterocycles. The topological polar surface area (TPSA) is 110 Å². The number of nitrogens with two attached hydrogens (primary N) is 1. The highest BCUT2D eigenvalue weighted by Crippen LogP contribution is 2.21. The molecule has 112 valence electrons. The molecule has 1 aromatic rings. The van der Waals surface area contributed by atoms with Crippen molar-refractivity contribution in [2.24, 2.45) is 5.73 Å². The lowest BCUT2D eigenvalue weighted by molar-refractivity contribution is -0.141. The van der Waals surface area contributed by atoms with Crippen LogP contribution in [0, 0.1) is 0 Å². The molecule has 0 bridgehead atoms. The molecule has 2 rings (SSSR count). The standard InChI is InChI=1S/C14H16N2O5/c15-12(17)8-21-10-5-3-9(4-6-10)13(18)16-7-1-2-11(16)14(19)20/h3-6,11H,1-2,7-8H2,(H2,15,17)(H,19,20)/t11-/m1/s1. The van der Waals surface area contributed by atoms with E-state index < -0.39 is 17.9 Å². The minimum atomic E-state index is -0.984. The maximum atomic E-state index is 12.3. The molecule has 21 heavy (non-hydrogen) atoms. The third-order valence-corrected chi connectivity index (χ3v) is 3.28. The third-order valence-electron chi connectivity index (χ3n) is 3.28. The molecular formula is C14H16N2O5. The number of aliphatic carboxylic acids is 1. The van der Waals surface area contributed by atoms with Crippen LogP contribution in [0.2, 0.25) is 0 Å². The number of carboxylic acid groups (broad SMARTS) is 1. The molecule has 1 aliphatic heterocycles. The van der Waals surface area contributed by atoms with E-state index >= 15 is 0 Å². The van der Waals surface area contributed by atoms with Gasteiger partial charge in [-0.1, -0.05) is 0 Å². The van der Waals surface area contributed by atoms with E-state index in [1.165, 1.54) is 17.0 Å². The average molecular weight is 292 g/mol. The van der Waals surface area contributed by atoms with Crippen LogP contribution in [0.25, 0.3) is 0 Å². The summed E-state index contributed by atoms with van der Waals surface area (Å²) < 4.78 is 5.09. The van der Waals surface area contributed by atoms with Crippen LogP contribution in [0.3, 0.4) is 0 Å². The SMILES string of the molecule is NC(=O)COc1ccc(C(=O)N2CCC[C@@H]2C(=O)O)cc1. The van der Waals surface area contributed by atoms with E-state index in [1.54, 1.807) is 12.1 Å². The Labute approximate surface area is 121 Å². The van der Waals surface area contributed by atoms with Crippen molar-refractivity contribution in [3.05, 3.63) is 29.8 Å². The van der Waals surface area contributed by atoms with Crippen molar-refractivity contribution in [3.8, 4) is 5.75 Å². The summed E-state index contributed by atoms with van der Waals surface area (Å²) in [4.78, 5) is 35.3. The fourth-order valence-electron chi connectivity index (χ4n) is 2.28. The van der Waals surface area contributed by atoms with E-state index in [-0.39, 0.29) is 12.5 Å². The molecule has 3 N–H and O–H groups in total. The molecule has 0 radical (unpaired) electrons. The highest BCUT2D eigenvalue weighted by Gasteiger charge is 2.34. The number of carboxylic acids is 1. The molecule has 1 saturated heterocycles. The smallest absolute Gasteiger partial charge is 0.326 e. The van der Waals surface area contributed by atoms with Crippen LogP contribution in [0.15, 0.2) is 24.3 Å². The number of carbonyl (C=O) groups excluding carboxylic acids is 2. The first-order valence-corrected chi connectivity index (χ1v) is 6.54. The molecule has 0 aliphatic carbocycles. The van der Waals surface area contributed by atoms with Gasteiger partial charge in [0.1, 0.15) is 11.8 Å². The molecule has 1 aromatic carbocycles. The molecular weight excluding hydrogens is 276 g/mol. The summed E-state index contributed by atoms with van der Waals surface area (Å²) in [5.41, 5.74) is 5.35. The minimum Gasteiger partial charge on any atom is -0.484 e. The lowest BCUT2D eigenvalue weighted by Gasteiger charge is -2.21. The molecule has 0 unspecified atom stereocenters. The molecule has 1 aliphatic rings. The van der Waals surface area contributed by atoms with Crippen LogP contribution in [0.5, 0.6) is 5.75 Å². The maximum absolute atomic E-state index is 12.3. The number of rotatable bonds is 5. The summed E-state index contributed by atoms with van der Waals surface area (Å²) in [7, 11) is 0. The zero-order chi connectivity index (χ0) is 15.4. The first kappa shape index (κ1) is 14.8. The lowest BCUT2D eigenvalue weighted by atomic mass is 10.1. The second-order valence-corrected chi connectivity index (χ2v) is 4.77. The lowest BCUT2D eigenvalue weighted by Crippen LogP contribution is -2.40. The number of hydrogen-bond donors (Lipinski definition) is 2. The quantitative estimate of drug-likeness (QED) is 0.807. The fraction of sp³-hybridized carbons (Fsp3) is 0.357. The zero-order valence-corrected chi connectivity index (χ0v) is 11.3. The fourth-order valence-corrected chi connectivity index (χ4v) is 2.28. The maximum Gasteiger partial charge on any atom is 0.326 e. The second-order valence-electron chi connectivity index (χ2n) is 4.77. The van der Waals surface area contributed by atoms with Gasteiger partial charge >= 0.3 is 5.97 Å². The molecule has 1 heterocycles. The number of ether oxygens (including phenoxy) is 1. The van der Waals surface area contributed by atoms with Gasteiger partial charge in [0.05, 0.1) is 0 Å². The third kappa shape index (κ3) is 3.50. The first-order chi connectivity index (χ1) is 9.99. The molecule has 7 nitrogen and oxygen atoms in total. The minimum absolute atomic E-state index is 0.236. The van der Waals surface area contributed by atoms with Gasteiger partial charge in [-0.2, -0.15) is 0 Å². The van der Waals surface area contributed by atoms with Gasteiger partial charge < -0.3 is 20.5 Å². The Morgan fingerprint density at radius 2 is 1.95 bits per heavy atom. The summed E-state index contributed by atoms with van der Waals surface area (Å²) in [6.45, 7) is 0.205. The van der Waals surface area contributed by atoms with Crippen LogP contribution >= 0.6 is 0 Å². The molecule has 0 spiro atoms. The van der Waals surface area contributed by atoms with Gasteiger partial charge in [-0.15, -0.1) is 0 Å². The van der Waals surface area contributed by atoms with Crippen molar-refractivity contribution >= 4 is 17.8 Å². The Balaban J connectivity index is 2.06. The van der Waals surface area contributed by atoms with Gasteiger partial charge in [0.25, 0.3) is 11.8 Å². The Bertz CT molecular complexity index is 555. The number of carbonyl (C=O) groups is 3. The summed E-state index contributed by atoms with van der Waals surface area (Å²) >= 11 is 0. The van der Waals surface area contributed by atoms with E-state index in [1.807, 2.05) is 0 Å². The van der Waals surface area contributed by atoms with Gasteiger partial charge in [0.2, 0.25) is 0 Å². The van der Waals surface area contributed by atoms with Crippen molar-refractivity contribution < 1.29 is 24.2 Å². The van der Waals surface area contributed by atoms with Gasteiger partial charge in [0.15, 0.2) is 6.61 Å². The Hall–Kier alpha value is -2.57. The van der Waals surface area contributed by atoms with Crippen LogP contribution < -0.4 is 10.5 Å². The molecule has 0 saturated carbocycles. The molecule has 7 heteroatoms. The van der Waals surface area contributed by atoms with E-state index in [0.717, 1.165) is 0 Å². The van der Waals surface area contributed by atoms with Crippen LogP contribution in [-0.4, -0.2) is 47.0 Å². The van der Waals surface area contributed by atoms with E-state index in [9.17, 15) is 14.4 Å². The highest BCUT2D eigenvalue weighted by atomic mass is 16.5. The van der Waals surface area contributed by atoms with E-state index in [4.69, 9.17) is 15.6 Å². The van der Waals surface area contributed by atoms with E-state index in [2.05, 4.69) is 0 Å². The average Bonchev–Trinajstić information content (AvgIpc) is 2.94. The number of benzene rings is 1. The van der Waals surface area contributed by atoms with Gasteiger partial charge in [-0.05, 0) is 37.1 Å². The zero-order valence-electron chi connectivity index (χ0n) is 11.3. The summed E-state index contributed by atoms with van der Waals surface area (Å²) in [5, 5.41) is 9.09.